The molecule has 0 aliphatic carbocycles. The van der Waals surface area contributed by atoms with Crippen LogP contribution in [0, 0.1) is 5.92 Å². The van der Waals surface area contributed by atoms with Crippen molar-refractivity contribution in [1.29, 1.82) is 0 Å². The molecule has 1 aromatic heterocycles. The number of aromatic nitrogens is 1. The van der Waals surface area contributed by atoms with Gasteiger partial charge in [-0.05, 0) is 81.9 Å². The predicted molar refractivity (Wildman–Crippen MR) is 139 cm³/mol. The van der Waals surface area contributed by atoms with Crippen molar-refractivity contribution in [2.75, 3.05) is 44.3 Å². The summed E-state index contributed by atoms with van der Waals surface area (Å²) in [5.41, 5.74) is 3.35. The molecule has 1 saturated heterocycles. The van der Waals surface area contributed by atoms with Gasteiger partial charge in [-0.25, -0.2) is 13.4 Å². The SMILES string of the molecule is COc1ncc(-c2cc(OCCN3CCC(C(C)(C)O)CC3)c3c(c2)[C@@H](C)OC3)cc1NS(C)(=O)=O. The van der Waals surface area contributed by atoms with Crippen LogP contribution < -0.4 is 14.2 Å². The third kappa shape index (κ3) is 6.29. The van der Waals surface area contributed by atoms with E-state index in [9.17, 15) is 13.5 Å². The van der Waals surface area contributed by atoms with E-state index in [0.29, 0.717) is 19.1 Å². The monoisotopic (exact) mass is 519 g/mol. The molecule has 0 amide bonds. The topological polar surface area (TPSA) is 110 Å². The van der Waals surface area contributed by atoms with E-state index in [2.05, 4.69) is 20.7 Å². The lowest BCUT2D eigenvalue weighted by molar-refractivity contribution is -0.0137. The van der Waals surface area contributed by atoms with Crippen molar-refractivity contribution in [2.24, 2.45) is 5.92 Å². The summed E-state index contributed by atoms with van der Waals surface area (Å²) in [6.07, 6.45) is 4.64. The van der Waals surface area contributed by atoms with Gasteiger partial charge in [0.05, 0.1) is 31.7 Å². The largest absolute Gasteiger partial charge is 0.492 e. The minimum absolute atomic E-state index is 0.0667. The molecule has 0 bridgehead atoms. The van der Waals surface area contributed by atoms with Crippen molar-refractivity contribution in [3.63, 3.8) is 0 Å². The highest BCUT2D eigenvalue weighted by Gasteiger charge is 2.30. The molecule has 198 valence electrons. The van der Waals surface area contributed by atoms with Crippen molar-refractivity contribution in [1.82, 2.24) is 9.88 Å². The highest BCUT2D eigenvalue weighted by Crippen LogP contribution is 2.41. The van der Waals surface area contributed by atoms with E-state index in [1.165, 1.54) is 7.11 Å². The first-order valence-corrected chi connectivity index (χ1v) is 14.2. The van der Waals surface area contributed by atoms with Gasteiger partial charge in [0.1, 0.15) is 18.0 Å². The fraction of sp³-hybridized carbons (Fsp3) is 0.577. The van der Waals surface area contributed by atoms with E-state index in [1.54, 1.807) is 12.3 Å². The van der Waals surface area contributed by atoms with Crippen LogP contribution in [-0.4, -0.2) is 68.6 Å². The summed E-state index contributed by atoms with van der Waals surface area (Å²) in [7, 11) is -2.06. The molecule has 1 aromatic carbocycles. The Morgan fingerprint density at radius 3 is 2.58 bits per heavy atom. The van der Waals surface area contributed by atoms with Gasteiger partial charge in [-0.15, -0.1) is 0 Å². The number of hydrogen-bond donors (Lipinski definition) is 2. The third-order valence-electron chi connectivity index (χ3n) is 7.08. The van der Waals surface area contributed by atoms with Gasteiger partial charge in [0.25, 0.3) is 0 Å². The first-order valence-electron chi connectivity index (χ1n) is 12.3. The molecule has 2 aliphatic heterocycles. The van der Waals surface area contributed by atoms with Crippen molar-refractivity contribution < 1.29 is 27.7 Å². The molecule has 0 unspecified atom stereocenters. The Balaban J connectivity index is 1.52. The Kier molecular flexibility index (Phi) is 7.80. The summed E-state index contributed by atoms with van der Waals surface area (Å²) < 4.78 is 43.5. The number of likely N-dealkylation sites (tertiary alicyclic amines) is 1. The van der Waals surface area contributed by atoms with Gasteiger partial charge < -0.3 is 19.3 Å². The number of hydrogen-bond acceptors (Lipinski definition) is 8. The van der Waals surface area contributed by atoms with Crippen LogP contribution in [0.3, 0.4) is 0 Å². The summed E-state index contributed by atoms with van der Waals surface area (Å²) in [4.78, 5) is 6.68. The number of anilines is 1. The Morgan fingerprint density at radius 2 is 1.94 bits per heavy atom. The van der Waals surface area contributed by atoms with E-state index < -0.39 is 15.6 Å². The molecule has 2 aliphatic rings. The second kappa shape index (κ2) is 10.5. The first kappa shape index (κ1) is 26.7. The number of aliphatic hydroxyl groups is 1. The maximum atomic E-state index is 11.8. The molecule has 3 heterocycles. The predicted octanol–water partition coefficient (Wildman–Crippen LogP) is 3.58. The standard InChI is InChI=1S/C26H37N3O6S/c1-17-21-12-18(19-13-23(28-36(5,31)32)25(33-4)27-15-19)14-24(22(21)16-35-17)34-11-10-29-8-6-20(7-9-29)26(2,3)30/h12-15,17,20,28,30H,6-11,16H2,1-5H3/t17-/m1/s1. The highest BCUT2D eigenvalue weighted by molar-refractivity contribution is 7.92. The fourth-order valence-electron chi connectivity index (χ4n) is 4.97. The lowest BCUT2D eigenvalue weighted by Crippen LogP contribution is -2.43. The van der Waals surface area contributed by atoms with Crippen LogP contribution in [0.15, 0.2) is 24.4 Å². The number of fused-ring (bicyclic) bond motifs is 1. The van der Waals surface area contributed by atoms with Crippen LogP contribution in [0.1, 0.15) is 50.8 Å². The van der Waals surface area contributed by atoms with Crippen LogP contribution in [-0.2, 0) is 21.4 Å². The summed E-state index contributed by atoms with van der Waals surface area (Å²) in [6, 6.07) is 5.73. The zero-order chi connectivity index (χ0) is 26.1. The quantitative estimate of drug-likeness (QED) is 0.517. The maximum Gasteiger partial charge on any atom is 0.238 e. The lowest BCUT2D eigenvalue weighted by Gasteiger charge is -2.37. The summed E-state index contributed by atoms with van der Waals surface area (Å²) in [5, 5.41) is 10.3. The fourth-order valence-corrected chi connectivity index (χ4v) is 5.52. The molecule has 1 fully saturated rings. The number of rotatable bonds is 9. The Morgan fingerprint density at radius 1 is 1.22 bits per heavy atom. The van der Waals surface area contributed by atoms with E-state index in [4.69, 9.17) is 14.2 Å². The summed E-state index contributed by atoms with van der Waals surface area (Å²) in [5.74, 6) is 1.30. The van der Waals surface area contributed by atoms with Crippen LogP contribution >= 0.6 is 0 Å². The second-order valence-electron chi connectivity index (χ2n) is 10.3. The van der Waals surface area contributed by atoms with Crippen molar-refractivity contribution in [2.45, 2.75) is 51.9 Å². The zero-order valence-corrected chi connectivity index (χ0v) is 22.5. The van der Waals surface area contributed by atoms with Gasteiger partial charge in [-0.1, -0.05) is 0 Å². The van der Waals surface area contributed by atoms with Crippen molar-refractivity contribution >= 4 is 15.7 Å². The van der Waals surface area contributed by atoms with Gasteiger partial charge in [-0.3, -0.25) is 9.62 Å². The molecule has 10 heteroatoms. The van der Waals surface area contributed by atoms with E-state index in [1.807, 2.05) is 26.8 Å². The number of nitrogens with one attached hydrogen (secondary N) is 1. The number of pyridine rings is 1. The average Bonchev–Trinajstić information content (AvgIpc) is 3.18. The molecule has 9 nitrogen and oxygen atoms in total. The number of nitrogens with zero attached hydrogens (tertiary/aromatic N) is 2. The number of piperidine rings is 1. The van der Waals surface area contributed by atoms with E-state index in [0.717, 1.165) is 66.7 Å². The highest BCUT2D eigenvalue weighted by atomic mass is 32.2. The molecule has 36 heavy (non-hydrogen) atoms. The Hall–Kier alpha value is -2.40. The van der Waals surface area contributed by atoms with Crippen molar-refractivity contribution in [3.8, 4) is 22.8 Å². The van der Waals surface area contributed by atoms with Gasteiger partial charge >= 0.3 is 0 Å². The normalized spacial score (nSPS) is 19.2. The first-order chi connectivity index (χ1) is 16.9. The smallest absolute Gasteiger partial charge is 0.238 e. The number of ether oxygens (including phenoxy) is 3. The zero-order valence-electron chi connectivity index (χ0n) is 21.7. The van der Waals surface area contributed by atoms with Gasteiger partial charge in [0.2, 0.25) is 15.9 Å². The minimum Gasteiger partial charge on any atom is -0.492 e. The molecular weight excluding hydrogens is 482 g/mol. The number of methoxy groups -OCH3 is 1. The molecule has 4 rings (SSSR count). The van der Waals surface area contributed by atoms with Crippen LogP contribution in [0.25, 0.3) is 11.1 Å². The Bertz CT molecular complexity index is 1190. The van der Waals surface area contributed by atoms with E-state index in [-0.39, 0.29) is 17.7 Å². The molecule has 1 atom stereocenters. The molecule has 2 N–H and O–H groups in total. The molecule has 0 spiro atoms. The number of benzene rings is 1. The van der Waals surface area contributed by atoms with Crippen molar-refractivity contribution in [3.05, 3.63) is 35.5 Å². The summed E-state index contributed by atoms with van der Waals surface area (Å²) in [6.45, 7) is 9.53. The molecule has 2 aromatic rings. The average molecular weight is 520 g/mol. The molecule has 0 radical (unpaired) electrons. The van der Waals surface area contributed by atoms with Crippen LogP contribution in [0.2, 0.25) is 0 Å². The summed E-state index contributed by atoms with van der Waals surface area (Å²) >= 11 is 0. The van der Waals surface area contributed by atoms with Gasteiger partial charge in [0.15, 0.2) is 0 Å². The van der Waals surface area contributed by atoms with E-state index >= 15 is 0 Å². The van der Waals surface area contributed by atoms with Crippen LogP contribution in [0.5, 0.6) is 11.6 Å². The number of sulfonamides is 1. The third-order valence-corrected chi connectivity index (χ3v) is 7.67. The Labute approximate surface area is 213 Å². The maximum absolute atomic E-state index is 11.8. The minimum atomic E-state index is -3.50. The molecular formula is C26H37N3O6S. The second-order valence-corrected chi connectivity index (χ2v) is 12.0. The van der Waals surface area contributed by atoms with Crippen LogP contribution in [0.4, 0.5) is 5.69 Å². The molecule has 0 saturated carbocycles. The lowest BCUT2D eigenvalue weighted by atomic mass is 9.83. The van der Waals surface area contributed by atoms with Gasteiger partial charge in [0, 0.05) is 23.9 Å². The van der Waals surface area contributed by atoms with Gasteiger partial charge in [-0.2, -0.15) is 0 Å².